The summed E-state index contributed by atoms with van der Waals surface area (Å²) in [5.41, 5.74) is 1.70. The minimum atomic E-state index is -0.904. The van der Waals surface area contributed by atoms with E-state index in [1.165, 1.54) is 10.8 Å². The Labute approximate surface area is 153 Å². The van der Waals surface area contributed by atoms with Gasteiger partial charge in [0.15, 0.2) is 0 Å². The maximum absolute atomic E-state index is 11.5. The molecule has 0 aliphatic rings. The van der Waals surface area contributed by atoms with Gasteiger partial charge in [0.25, 0.3) is 0 Å². The molecule has 3 aromatic carbocycles. The van der Waals surface area contributed by atoms with Crippen molar-refractivity contribution in [2.24, 2.45) is 0 Å². The van der Waals surface area contributed by atoms with E-state index in [0.717, 1.165) is 5.56 Å². The molecule has 0 aliphatic heterocycles. The summed E-state index contributed by atoms with van der Waals surface area (Å²) in [4.78, 5) is 11.5. The van der Waals surface area contributed by atoms with E-state index >= 15 is 0 Å². The number of ether oxygens (including phenoxy) is 2. The maximum Gasteiger partial charge on any atom is 0.308 e. The Balaban J connectivity index is 1.65. The molecule has 1 atom stereocenters. The fourth-order valence-corrected chi connectivity index (χ4v) is 2.80. The Morgan fingerprint density at radius 3 is 2.62 bits per heavy atom. The lowest BCUT2D eigenvalue weighted by Crippen LogP contribution is -2.10. The molecule has 1 N–H and O–H groups in total. The highest BCUT2D eigenvalue weighted by atomic mass is 16.5. The minimum absolute atomic E-state index is 0.0675. The second-order valence-electron chi connectivity index (χ2n) is 6.07. The molecule has 3 aromatic rings. The molecule has 0 saturated carbocycles. The Bertz CT molecular complexity index is 888. The van der Waals surface area contributed by atoms with E-state index in [9.17, 15) is 9.90 Å². The van der Waals surface area contributed by atoms with E-state index in [1.807, 2.05) is 24.3 Å². The van der Waals surface area contributed by atoms with Crippen molar-refractivity contribution in [3.05, 3.63) is 77.9 Å². The number of rotatable bonds is 7. The standard InChI is InChI=1S/C22H22O4/c1-2-25-22(24)14-21(23)19-8-5-9-20(13-19)26-15-16-10-11-17-6-3-4-7-18(17)12-16/h3-13,21,23H,2,14-15H2,1H3. The smallest absolute Gasteiger partial charge is 0.308 e. The number of carbonyl (C=O) groups is 1. The van der Waals surface area contributed by atoms with Crippen LogP contribution >= 0.6 is 0 Å². The molecule has 3 rings (SSSR count). The fourth-order valence-electron chi connectivity index (χ4n) is 2.80. The van der Waals surface area contributed by atoms with Crippen molar-refractivity contribution < 1.29 is 19.4 Å². The predicted octanol–water partition coefficient (Wildman–Crippen LogP) is 4.41. The number of aliphatic hydroxyl groups excluding tert-OH is 1. The van der Waals surface area contributed by atoms with E-state index in [4.69, 9.17) is 9.47 Å². The van der Waals surface area contributed by atoms with Crippen LogP contribution in [-0.4, -0.2) is 17.7 Å². The van der Waals surface area contributed by atoms with Crippen molar-refractivity contribution in [3.63, 3.8) is 0 Å². The summed E-state index contributed by atoms with van der Waals surface area (Å²) in [6.07, 6.45) is -0.972. The van der Waals surface area contributed by atoms with Crippen molar-refractivity contribution in [3.8, 4) is 5.75 Å². The van der Waals surface area contributed by atoms with Gasteiger partial charge in [-0.1, -0.05) is 48.5 Å². The third kappa shape index (κ3) is 4.61. The van der Waals surface area contributed by atoms with Gasteiger partial charge in [0.1, 0.15) is 12.4 Å². The van der Waals surface area contributed by atoms with Gasteiger partial charge in [-0.2, -0.15) is 0 Å². The largest absolute Gasteiger partial charge is 0.489 e. The van der Waals surface area contributed by atoms with Gasteiger partial charge in [0.2, 0.25) is 0 Å². The normalized spacial score (nSPS) is 11.9. The maximum atomic E-state index is 11.5. The Morgan fingerprint density at radius 1 is 1.00 bits per heavy atom. The second-order valence-corrected chi connectivity index (χ2v) is 6.07. The highest BCUT2D eigenvalue weighted by Crippen LogP contribution is 2.23. The zero-order valence-electron chi connectivity index (χ0n) is 14.7. The van der Waals surface area contributed by atoms with Gasteiger partial charge in [-0.25, -0.2) is 0 Å². The molecule has 0 bridgehead atoms. The number of esters is 1. The molecule has 0 fully saturated rings. The monoisotopic (exact) mass is 350 g/mol. The minimum Gasteiger partial charge on any atom is -0.489 e. The zero-order valence-corrected chi connectivity index (χ0v) is 14.7. The van der Waals surface area contributed by atoms with Crippen LogP contribution in [0.1, 0.15) is 30.6 Å². The van der Waals surface area contributed by atoms with E-state index in [2.05, 4.69) is 24.3 Å². The molecule has 26 heavy (non-hydrogen) atoms. The first-order valence-electron chi connectivity index (χ1n) is 8.70. The number of fused-ring (bicyclic) bond motifs is 1. The summed E-state index contributed by atoms with van der Waals surface area (Å²) < 4.78 is 10.7. The fraction of sp³-hybridized carbons (Fsp3) is 0.227. The zero-order chi connectivity index (χ0) is 18.4. The number of aliphatic hydroxyl groups is 1. The average molecular weight is 350 g/mol. The highest BCUT2D eigenvalue weighted by Gasteiger charge is 2.14. The number of hydrogen-bond acceptors (Lipinski definition) is 4. The molecule has 0 saturated heterocycles. The Kier molecular flexibility index (Phi) is 5.87. The second kappa shape index (κ2) is 8.50. The van der Waals surface area contributed by atoms with Crippen LogP contribution in [0.3, 0.4) is 0 Å². The average Bonchev–Trinajstić information content (AvgIpc) is 2.66. The van der Waals surface area contributed by atoms with Crippen LogP contribution in [0.4, 0.5) is 0 Å². The Hall–Kier alpha value is -2.85. The van der Waals surface area contributed by atoms with Crippen LogP contribution < -0.4 is 4.74 Å². The van der Waals surface area contributed by atoms with Crippen molar-refractivity contribution >= 4 is 16.7 Å². The van der Waals surface area contributed by atoms with Crippen LogP contribution in [0.25, 0.3) is 10.8 Å². The molecule has 0 aromatic heterocycles. The molecule has 0 spiro atoms. The third-order valence-corrected chi connectivity index (χ3v) is 4.13. The molecule has 0 aliphatic carbocycles. The predicted molar refractivity (Wildman–Crippen MR) is 101 cm³/mol. The van der Waals surface area contributed by atoms with Crippen LogP contribution in [-0.2, 0) is 16.1 Å². The van der Waals surface area contributed by atoms with E-state index in [-0.39, 0.29) is 6.42 Å². The third-order valence-electron chi connectivity index (χ3n) is 4.13. The summed E-state index contributed by atoms with van der Waals surface area (Å²) >= 11 is 0. The van der Waals surface area contributed by atoms with Crippen LogP contribution in [0.5, 0.6) is 5.75 Å². The summed E-state index contributed by atoms with van der Waals surface area (Å²) in [6.45, 7) is 2.48. The molecule has 4 heteroatoms. The first-order valence-corrected chi connectivity index (χ1v) is 8.70. The van der Waals surface area contributed by atoms with E-state index in [0.29, 0.717) is 24.5 Å². The number of benzene rings is 3. The van der Waals surface area contributed by atoms with Gasteiger partial charge < -0.3 is 14.6 Å². The van der Waals surface area contributed by atoms with E-state index < -0.39 is 12.1 Å². The van der Waals surface area contributed by atoms with Gasteiger partial charge in [-0.05, 0) is 47.0 Å². The van der Waals surface area contributed by atoms with Crippen molar-refractivity contribution in [2.75, 3.05) is 6.61 Å². The van der Waals surface area contributed by atoms with Crippen LogP contribution in [0, 0.1) is 0 Å². The molecule has 0 heterocycles. The quantitative estimate of drug-likeness (QED) is 0.642. The van der Waals surface area contributed by atoms with Gasteiger partial charge in [0.05, 0.1) is 19.1 Å². The first kappa shape index (κ1) is 18.0. The molecule has 1 unspecified atom stereocenters. The van der Waals surface area contributed by atoms with Gasteiger partial charge in [-0.15, -0.1) is 0 Å². The highest BCUT2D eigenvalue weighted by molar-refractivity contribution is 5.82. The SMILES string of the molecule is CCOC(=O)CC(O)c1cccc(OCc2ccc3ccccc3c2)c1. The summed E-state index contributed by atoms with van der Waals surface area (Å²) in [5.74, 6) is 0.237. The summed E-state index contributed by atoms with van der Waals surface area (Å²) in [5, 5.41) is 12.6. The van der Waals surface area contributed by atoms with Gasteiger partial charge >= 0.3 is 5.97 Å². The topological polar surface area (TPSA) is 55.8 Å². The summed E-state index contributed by atoms with van der Waals surface area (Å²) in [7, 11) is 0. The Morgan fingerprint density at radius 2 is 1.81 bits per heavy atom. The molecular formula is C22H22O4. The van der Waals surface area contributed by atoms with Crippen molar-refractivity contribution in [1.82, 2.24) is 0 Å². The van der Waals surface area contributed by atoms with Crippen molar-refractivity contribution in [1.29, 1.82) is 0 Å². The lowest BCUT2D eigenvalue weighted by molar-refractivity contribution is -0.145. The summed E-state index contributed by atoms with van der Waals surface area (Å²) in [6, 6.07) is 21.6. The van der Waals surface area contributed by atoms with Crippen LogP contribution in [0.2, 0.25) is 0 Å². The molecular weight excluding hydrogens is 328 g/mol. The number of hydrogen-bond donors (Lipinski definition) is 1. The molecule has 0 radical (unpaired) electrons. The molecule has 0 amide bonds. The lowest BCUT2D eigenvalue weighted by Gasteiger charge is -2.13. The molecule has 134 valence electrons. The van der Waals surface area contributed by atoms with Gasteiger partial charge in [-0.3, -0.25) is 4.79 Å². The first-order chi connectivity index (χ1) is 12.7. The van der Waals surface area contributed by atoms with Crippen LogP contribution in [0.15, 0.2) is 66.7 Å². The van der Waals surface area contributed by atoms with Gasteiger partial charge in [0, 0.05) is 0 Å². The lowest BCUT2D eigenvalue weighted by atomic mass is 10.1. The number of carbonyl (C=O) groups excluding carboxylic acids is 1. The van der Waals surface area contributed by atoms with Crippen molar-refractivity contribution in [2.45, 2.75) is 26.1 Å². The van der Waals surface area contributed by atoms with E-state index in [1.54, 1.807) is 25.1 Å². The molecule has 4 nitrogen and oxygen atoms in total.